The maximum atomic E-state index is 10.3. The van der Waals surface area contributed by atoms with Crippen molar-refractivity contribution in [1.29, 1.82) is 5.26 Å². The number of imidazole rings is 1. The first-order valence-corrected chi connectivity index (χ1v) is 9.99. The van der Waals surface area contributed by atoms with Crippen LogP contribution in [-0.2, 0) is 18.9 Å². The maximum Gasteiger partial charge on any atom is 0.148 e. The van der Waals surface area contributed by atoms with E-state index in [9.17, 15) is 10.4 Å². The van der Waals surface area contributed by atoms with Gasteiger partial charge in [0, 0.05) is 36.5 Å². The summed E-state index contributed by atoms with van der Waals surface area (Å²) >= 11 is 0. The maximum absolute atomic E-state index is 10.3. The van der Waals surface area contributed by atoms with Crippen LogP contribution in [0.2, 0.25) is 0 Å². The molecule has 0 saturated carbocycles. The number of para-hydroxylation sites is 1. The van der Waals surface area contributed by atoms with Crippen LogP contribution in [-0.4, -0.2) is 24.4 Å². The first-order valence-electron chi connectivity index (χ1n) is 9.99. The summed E-state index contributed by atoms with van der Waals surface area (Å²) in [4.78, 5) is 5.16. The molecule has 2 aliphatic carbocycles. The predicted octanol–water partition coefficient (Wildman–Crippen LogP) is 4.22. The van der Waals surface area contributed by atoms with Gasteiger partial charge in [0.1, 0.15) is 11.6 Å². The number of nitriles is 1. The van der Waals surface area contributed by atoms with Crippen LogP contribution in [0.3, 0.4) is 0 Å². The quantitative estimate of drug-likeness (QED) is 0.716. The van der Waals surface area contributed by atoms with E-state index in [1.54, 1.807) is 4.68 Å². The highest BCUT2D eigenvalue weighted by atomic mass is 16.3. The van der Waals surface area contributed by atoms with Crippen molar-refractivity contribution < 1.29 is 5.11 Å². The van der Waals surface area contributed by atoms with Gasteiger partial charge in [-0.15, -0.1) is 0 Å². The SMILES string of the molecule is Cn1cc(-c2nc3c(n2-c2ccccc2)CCC2CC(O)=C(C#N)C[C@]32C)cn1. The number of fused-ring (bicyclic) bond motifs is 3. The number of allylic oxidation sites excluding steroid dienone is 2. The van der Waals surface area contributed by atoms with E-state index in [2.05, 4.69) is 34.8 Å². The van der Waals surface area contributed by atoms with E-state index in [0.29, 0.717) is 18.4 Å². The fourth-order valence-corrected chi connectivity index (χ4v) is 5.04. The minimum absolute atomic E-state index is 0.258. The summed E-state index contributed by atoms with van der Waals surface area (Å²) in [5.41, 5.74) is 4.54. The van der Waals surface area contributed by atoms with Gasteiger partial charge < -0.3 is 5.11 Å². The van der Waals surface area contributed by atoms with Crippen molar-refractivity contribution in [1.82, 2.24) is 19.3 Å². The minimum atomic E-state index is -0.262. The fourth-order valence-electron chi connectivity index (χ4n) is 5.04. The first-order chi connectivity index (χ1) is 14.0. The van der Waals surface area contributed by atoms with Gasteiger partial charge in [0.2, 0.25) is 0 Å². The van der Waals surface area contributed by atoms with E-state index in [4.69, 9.17) is 4.98 Å². The van der Waals surface area contributed by atoms with Crippen LogP contribution in [0.4, 0.5) is 0 Å². The van der Waals surface area contributed by atoms with Crippen LogP contribution in [0.25, 0.3) is 17.1 Å². The van der Waals surface area contributed by atoms with Crippen LogP contribution < -0.4 is 0 Å². The fraction of sp³-hybridized carbons (Fsp3) is 0.348. The Morgan fingerprint density at radius 3 is 2.76 bits per heavy atom. The molecule has 0 fully saturated rings. The van der Waals surface area contributed by atoms with Crippen molar-refractivity contribution >= 4 is 0 Å². The molecule has 0 radical (unpaired) electrons. The largest absolute Gasteiger partial charge is 0.511 e. The molecule has 2 heterocycles. The zero-order valence-corrected chi connectivity index (χ0v) is 16.6. The lowest BCUT2D eigenvalue weighted by atomic mass is 9.61. The molecule has 3 aromatic rings. The number of aliphatic hydroxyl groups is 1. The number of aliphatic hydroxyl groups excluding tert-OH is 1. The Morgan fingerprint density at radius 1 is 1.28 bits per heavy atom. The second-order valence-corrected chi connectivity index (χ2v) is 8.38. The zero-order chi connectivity index (χ0) is 20.2. The standard InChI is InChI=1S/C23H23N5O/c1-23-11-15(12-24)20(29)10-17(23)8-9-19-21(23)26-22(16-13-25-27(2)14-16)28(19)18-6-4-3-5-7-18/h3-7,13-14,17,29H,8-11H2,1-2H3/t17?,23-/m0/s1. The number of benzene rings is 1. The molecule has 2 aliphatic rings. The van der Waals surface area contributed by atoms with Gasteiger partial charge in [0.15, 0.2) is 0 Å². The Morgan fingerprint density at radius 2 is 2.07 bits per heavy atom. The van der Waals surface area contributed by atoms with Crippen LogP contribution in [0.15, 0.2) is 54.1 Å². The molecule has 6 heteroatoms. The third-order valence-electron chi connectivity index (χ3n) is 6.59. The summed E-state index contributed by atoms with van der Waals surface area (Å²) in [7, 11) is 1.91. The van der Waals surface area contributed by atoms with Gasteiger partial charge in [-0.2, -0.15) is 10.4 Å². The number of rotatable bonds is 2. The van der Waals surface area contributed by atoms with Crippen molar-refractivity contribution in [3.63, 3.8) is 0 Å². The normalized spacial score (nSPS) is 23.4. The number of nitrogens with zero attached hydrogens (tertiary/aromatic N) is 5. The van der Waals surface area contributed by atoms with Crippen molar-refractivity contribution in [3.8, 4) is 23.1 Å². The van der Waals surface area contributed by atoms with Crippen LogP contribution in [0, 0.1) is 17.2 Å². The summed E-state index contributed by atoms with van der Waals surface area (Å²) in [6.45, 7) is 2.20. The smallest absolute Gasteiger partial charge is 0.148 e. The third kappa shape index (κ3) is 2.61. The van der Waals surface area contributed by atoms with E-state index >= 15 is 0 Å². The second-order valence-electron chi connectivity index (χ2n) is 8.38. The molecule has 1 unspecified atom stereocenters. The molecule has 2 atom stereocenters. The molecule has 2 aromatic heterocycles. The zero-order valence-electron chi connectivity index (χ0n) is 16.6. The molecule has 6 nitrogen and oxygen atoms in total. The Bertz CT molecular complexity index is 1160. The highest BCUT2D eigenvalue weighted by molar-refractivity contribution is 5.60. The molecule has 0 bridgehead atoms. The lowest BCUT2D eigenvalue weighted by Crippen LogP contribution is -2.40. The monoisotopic (exact) mass is 385 g/mol. The second kappa shape index (κ2) is 6.35. The van der Waals surface area contributed by atoms with Gasteiger partial charge in [-0.3, -0.25) is 9.25 Å². The topological polar surface area (TPSA) is 79.7 Å². The molecule has 0 aliphatic heterocycles. The van der Waals surface area contributed by atoms with E-state index in [-0.39, 0.29) is 17.1 Å². The first kappa shape index (κ1) is 17.7. The van der Waals surface area contributed by atoms with Gasteiger partial charge >= 0.3 is 0 Å². The summed E-state index contributed by atoms with van der Waals surface area (Å²) in [6, 6.07) is 12.5. The summed E-state index contributed by atoms with van der Waals surface area (Å²) in [5.74, 6) is 1.43. The van der Waals surface area contributed by atoms with Gasteiger partial charge in [0.05, 0.1) is 29.1 Å². The molecular formula is C23H23N5O. The summed E-state index contributed by atoms with van der Waals surface area (Å²) < 4.78 is 4.04. The van der Waals surface area contributed by atoms with E-state index < -0.39 is 0 Å². The minimum Gasteiger partial charge on any atom is -0.511 e. The molecule has 5 rings (SSSR count). The van der Waals surface area contributed by atoms with E-state index in [1.807, 2.05) is 37.6 Å². The van der Waals surface area contributed by atoms with Crippen LogP contribution in [0.5, 0.6) is 0 Å². The van der Waals surface area contributed by atoms with Gasteiger partial charge in [0.25, 0.3) is 0 Å². The molecule has 1 N–H and O–H groups in total. The lowest BCUT2D eigenvalue weighted by molar-refractivity contribution is 0.192. The third-order valence-corrected chi connectivity index (χ3v) is 6.59. The van der Waals surface area contributed by atoms with Crippen molar-refractivity contribution in [2.75, 3.05) is 0 Å². The molecule has 0 amide bonds. The average Bonchev–Trinajstić information content (AvgIpc) is 3.33. The van der Waals surface area contributed by atoms with Gasteiger partial charge in [-0.05, 0) is 37.3 Å². The van der Waals surface area contributed by atoms with Crippen molar-refractivity contribution in [2.24, 2.45) is 13.0 Å². The highest BCUT2D eigenvalue weighted by Gasteiger charge is 2.48. The number of hydrogen-bond donors (Lipinski definition) is 1. The predicted molar refractivity (Wildman–Crippen MR) is 109 cm³/mol. The van der Waals surface area contributed by atoms with Gasteiger partial charge in [-0.25, -0.2) is 4.98 Å². The lowest BCUT2D eigenvalue weighted by Gasteiger charge is -2.43. The molecule has 0 saturated heterocycles. The van der Waals surface area contributed by atoms with E-state index in [1.165, 1.54) is 5.69 Å². The number of aryl methyl sites for hydroxylation is 1. The molecular weight excluding hydrogens is 362 g/mol. The number of aromatic nitrogens is 4. The average molecular weight is 385 g/mol. The molecule has 146 valence electrons. The van der Waals surface area contributed by atoms with Crippen molar-refractivity contribution in [3.05, 3.63) is 65.4 Å². The number of hydrogen-bond acceptors (Lipinski definition) is 4. The highest BCUT2D eigenvalue weighted by Crippen LogP contribution is 2.51. The summed E-state index contributed by atoms with van der Waals surface area (Å²) in [6.07, 6.45) is 6.79. The molecule has 0 spiro atoms. The van der Waals surface area contributed by atoms with Crippen LogP contribution >= 0.6 is 0 Å². The Hall–Kier alpha value is -3.33. The Kier molecular flexibility index (Phi) is 3.88. The molecule has 29 heavy (non-hydrogen) atoms. The van der Waals surface area contributed by atoms with Gasteiger partial charge in [-0.1, -0.05) is 25.1 Å². The van der Waals surface area contributed by atoms with Crippen LogP contribution in [0.1, 0.15) is 37.6 Å². The molecule has 1 aromatic carbocycles. The van der Waals surface area contributed by atoms with Crippen molar-refractivity contribution in [2.45, 2.75) is 38.0 Å². The Balaban J connectivity index is 1.75. The summed E-state index contributed by atoms with van der Waals surface area (Å²) in [5, 5.41) is 24.2. The Labute approximate surface area is 169 Å². The van der Waals surface area contributed by atoms with E-state index in [0.717, 1.165) is 35.6 Å².